The average Bonchev–Trinajstić information content (AvgIpc) is 0.706. The number of benzene rings is 10. The molecule has 0 aliphatic heterocycles. The largest absolute Gasteiger partial charge is 0.289 e. The van der Waals surface area contributed by atoms with Crippen LogP contribution in [-0.4, -0.2) is 34.7 Å². The van der Waals surface area contributed by atoms with E-state index in [0.717, 1.165) is 180 Å². The number of fused-ring (bicyclic) bond motifs is 15. The fourth-order valence-electron chi connectivity index (χ4n) is 22.8. The maximum Gasteiger partial charge on any atom is 0.194 e. The van der Waals surface area contributed by atoms with Crippen molar-refractivity contribution in [3.63, 3.8) is 0 Å². The van der Waals surface area contributed by atoms with Crippen LogP contribution in [0.2, 0.25) is 0 Å². The number of aryl methyl sites for hydroxylation is 6. The van der Waals surface area contributed by atoms with E-state index < -0.39 is 0 Å². The number of carbonyl (C=O) groups excluding carboxylic acids is 6. The highest BCUT2D eigenvalue weighted by atomic mass is 16.2. The summed E-state index contributed by atoms with van der Waals surface area (Å²) in [7, 11) is 0. The molecule has 0 saturated carbocycles. The van der Waals surface area contributed by atoms with Crippen LogP contribution >= 0.6 is 0 Å². The predicted molar refractivity (Wildman–Crippen MR) is 565 cm³/mol. The molecule has 0 unspecified atom stereocenters. The highest BCUT2D eigenvalue weighted by Gasteiger charge is 2.36. The van der Waals surface area contributed by atoms with E-state index in [1.54, 1.807) is 0 Å². The van der Waals surface area contributed by atoms with Crippen molar-refractivity contribution in [2.75, 3.05) is 0 Å². The molecule has 6 heteroatoms. The van der Waals surface area contributed by atoms with Crippen LogP contribution < -0.4 is 0 Å². The number of hydrogen-bond donors (Lipinski definition) is 0. The van der Waals surface area contributed by atoms with Gasteiger partial charge in [-0.3, -0.25) is 28.8 Å². The predicted octanol–water partition coefficient (Wildman–Crippen LogP) is 37.7. The molecule has 0 heterocycles. The molecule has 3 aliphatic carbocycles. The summed E-state index contributed by atoms with van der Waals surface area (Å²) in [6, 6.07) is 37.8. The zero-order valence-corrected chi connectivity index (χ0v) is 83.5. The third kappa shape index (κ3) is 27.2. The van der Waals surface area contributed by atoms with Gasteiger partial charge in [0.1, 0.15) is 0 Å². The van der Waals surface area contributed by atoms with Crippen molar-refractivity contribution < 1.29 is 28.8 Å². The minimum Gasteiger partial charge on any atom is -0.289 e. The third-order valence-electron chi connectivity index (χ3n) is 31.0. The van der Waals surface area contributed by atoms with Crippen molar-refractivity contribution >= 4 is 99.3 Å². The third-order valence-corrected chi connectivity index (χ3v) is 31.0. The molecular weight excluding hydrogens is 1610 g/mol. The Balaban J connectivity index is 0.873. The quantitative estimate of drug-likeness (QED) is 0.0214. The van der Waals surface area contributed by atoms with E-state index in [4.69, 9.17) is 0 Å². The number of hydrogen-bond acceptors (Lipinski definition) is 6. The lowest BCUT2D eigenvalue weighted by atomic mass is 9.79. The Kier molecular flexibility index (Phi) is 41.3. The Labute approximate surface area is 797 Å². The summed E-state index contributed by atoms with van der Waals surface area (Å²) >= 11 is 0. The van der Waals surface area contributed by atoms with Gasteiger partial charge in [-0.1, -0.05) is 388 Å². The molecule has 10 aromatic carbocycles. The van der Waals surface area contributed by atoms with Crippen LogP contribution in [0.1, 0.15) is 556 Å². The highest BCUT2D eigenvalue weighted by molar-refractivity contribution is 6.35. The Morgan fingerprint density at radius 2 is 0.220 bits per heavy atom. The second-order valence-electron chi connectivity index (χ2n) is 41.5. The van der Waals surface area contributed by atoms with Gasteiger partial charge in [-0.15, -0.1) is 0 Å². The zero-order chi connectivity index (χ0) is 92.2. The zero-order valence-electron chi connectivity index (χ0n) is 83.5. The smallest absolute Gasteiger partial charge is 0.194 e. The highest BCUT2D eigenvalue weighted by Crippen LogP contribution is 2.46. The van der Waals surface area contributed by atoms with Gasteiger partial charge < -0.3 is 0 Å². The van der Waals surface area contributed by atoms with E-state index in [2.05, 4.69) is 114 Å². The molecule has 0 N–H and O–H groups in total. The summed E-state index contributed by atoms with van der Waals surface area (Å²) in [6.45, 7) is 13.7. The first-order valence-electron chi connectivity index (χ1n) is 55.5. The molecule has 13 rings (SSSR count). The van der Waals surface area contributed by atoms with Crippen molar-refractivity contribution in [2.45, 2.75) is 465 Å². The number of rotatable bonds is 66. The second kappa shape index (κ2) is 53.9. The molecular formula is C126H168O6. The number of unbranched alkanes of at least 4 members (excludes halogenated alkanes) is 54. The van der Waals surface area contributed by atoms with Crippen LogP contribution in [0.5, 0.6) is 0 Å². The van der Waals surface area contributed by atoms with Crippen LogP contribution in [0.3, 0.4) is 0 Å². The van der Waals surface area contributed by atoms with E-state index in [0.29, 0.717) is 66.8 Å². The molecule has 0 fully saturated rings. The van der Waals surface area contributed by atoms with Gasteiger partial charge in [-0.25, -0.2) is 0 Å². The molecule has 0 bridgehead atoms. The number of ketones is 6. The molecule has 0 amide bonds. The summed E-state index contributed by atoms with van der Waals surface area (Å²) in [5.74, 6) is -0.622. The summed E-state index contributed by atoms with van der Waals surface area (Å²) < 4.78 is 0. The van der Waals surface area contributed by atoms with Gasteiger partial charge in [-0.05, 0) is 284 Å². The van der Waals surface area contributed by atoms with E-state index in [-0.39, 0.29) is 34.7 Å². The van der Waals surface area contributed by atoms with Gasteiger partial charge >= 0.3 is 0 Å². The van der Waals surface area contributed by atoms with Crippen LogP contribution in [0.25, 0.3) is 64.6 Å². The summed E-state index contributed by atoms with van der Waals surface area (Å²) in [5, 5.41) is 10.7. The Hall–Kier alpha value is -8.22. The Bertz CT molecular complexity index is 4610. The molecule has 6 nitrogen and oxygen atoms in total. The first-order chi connectivity index (χ1) is 64.9. The molecule has 132 heavy (non-hydrogen) atoms. The summed E-state index contributed by atoms with van der Waals surface area (Å²) in [6.07, 6.45) is 80.8. The Morgan fingerprint density at radius 1 is 0.121 bits per heavy atom. The first kappa shape index (κ1) is 101. The van der Waals surface area contributed by atoms with Crippen molar-refractivity contribution in [1.82, 2.24) is 0 Å². The standard InChI is InChI=1S/C126H168O6/c1-7-13-19-25-31-37-43-49-55-61-67-91-73-109-110(74-92(91)68-62-56-50-44-38-32-26-20-14-8-2)122(128)116-86-98-80-104-103(79-97(98)85-115(116)121(109)127)105-81-99-87-117-119(125(131)112-76-94(70-64-58-52-46-40-34-28-22-16-10-4)93(75-111(112)123(117)129)69-63-57-51-45-39-33-27-21-15-9-3)89-101(99)83-107(105)108-84-102-90-120-118(88-100(102)82-106(104)108)124(130)113-77-95(71-65-59-53-47-41-35-29-23-17-11-5)96(78-114(113)126(120)132)72-66-60-54-48-42-36-30-24-18-12-6/h73-90H,7-72H2,1-6H3. The lowest BCUT2D eigenvalue weighted by Gasteiger charge is -2.23. The van der Waals surface area contributed by atoms with E-state index in [1.807, 2.05) is 36.4 Å². The van der Waals surface area contributed by atoms with Gasteiger partial charge in [0.25, 0.3) is 0 Å². The van der Waals surface area contributed by atoms with Gasteiger partial charge in [0.15, 0.2) is 34.7 Å². The lowest BCUT2D eigenvalue weighted by molar-refractivity contribution is 0.0979. The van der Waals surface area contributed by atoms with Crippen molar-refractivity contribution in [2.24, 2.45) is 0 Å². The fraction of sp³-hybridized carbons (Fsp3) is 0.571. The van der Waals surface area contributed by atoms with Gasteiger partial charge in [-0.2, -0.15) is 0 Å². The monoisotopic (exact) mass is 1780 g/mol. The summed E-state index contributed by atoms with van der Waals surface area (Å²) in [5.41, 5.74) is 13.0. The van der Waals surface area contributed by atoms with Crippen LogP contribution in [0.4, 0.5) is 0 Å². The molecule has 708 valence electrons. The molecule has 0 saturated heterocycles. The number of carbonyl (C=O) groups is 6. The van der Waals surface area contributed by atoms with E-state index in [9.17, 15) is 0 Å². The summed E-state index contributed by atoms with van der Waals surface area (Å²) in [4.78, 5) is 93.6. The molecule has 0 aromatic heterocycles. The van der Waals surface area contributed by atoms with Gasteiger partial charge in [0.2, 0.25) is 0 Å². The minimum atomic E-state index is -0.104. The SMILES string of the molecule is CCCCCCCCCCCCc1cc2c(cc1CCCCCCCCCCCC)C(=O)c1cc3cc4c(cc3cc1C2=O)c1cc2cc3c(cc2cc1c1cc2cc5c(cc2cc41)C(=O)c1cc(CCCCCCCCCCCC)c(CCCCCCCCCCCC)cc1C5=O)C(=O)c1cc(CCCCCCCCCCCC)c(CCCCCCCCCCCC)cc1C3=O. The van der Waals surface area contributed by atoms with Crippen molar-refractivity contribution in [3.8, 4) is 0 Å². The van der Waals surface area contributed by atoms with E-state index in [1.165, 1.54) is 342 Å². The molecule has 3 aliphatic rings. The second-order valence-corrected chi connectivity index (χ2v) is 41.5. The van der Waals surface area contributed by atoms with E-state index >= 15 is 28.8 Å². The molecule has 0 spiro atoms. The van der Waals surface area contributed by atoms with Crippen molar-refractivity contribution in [1.29, 1.82) is 0 Å². The molecule has 0 atom stereocenters. The molecule has 10 aromatic rings. The van der Waals surface area contributed by atoms with Crippen LogP contribution in [0, 0.1) is 0 Å². The van der Waals surface area contributed by atoms with Gasteiger partial charge in [0, 0.05) is 66.8 Å². The minimum absolute atomic E-state index is 0.104. The topological polar surface area (TPSA) is 102 Å². The van der Waals surface area contributed by atoms with Crippen LogP contribution in [0.15, 0.2) is 109 Å². The van der Waals surface area contributed by atoms with Crippen LogP contribution in [-0.2, 0) is 38.5 Å². The maximum atomic E-state index is 15.6. The first-order valence-corrected chi connectivity index (χ1v) is 55.5. The Morgan fingerprint density at radius 3 is 0.333 bits per heavy atom. The average molecular weight is 1780 g/mol. The maximum absolute atomic E-state index is 15.6. The van der Waals surface area contributed by atoms with Crippen molar-refractivity contribution in [3.05, 3.63) is 209 Å². The normalized spacial score (nSPS) is 13.0. The fourth-order valence-corrected chi connectivity index (χ4v) is 22.8. The van der Waals surface area contributed by atoms with Gasteiger partial charge in [0.05, 0.1) is 0 Å². The lowest BCUT2D eigenvalue weighted by Crippen LogP contribution is -2.22. The molecule has 0 radical (unpaired) electrons.